The quantitative estimate of drug-likeness (QED) is 0.242. The van der Waals surface area contributed by atoms with E-state index < -0.39 is 34.8 Å². The first kappa shape index (κ1) is 26.2. The smallest absolute Gasteiger partial charge is 0.262 e. The molecule has 5 nitrogen and oxygen atoms in total. The lowest BCUT2D eigenvalue weighted by molar-refractivity contribution is -0.118. The number of ether oxygens (including phenoxy) is 1. The summed E-state index contributed by atoms with van der Waals surface area (Å²) in [6.07, 6.45) is 0. The predicted molar refractivity (Wildman–Crippen MR) is 132 cm³/mol. The van der Waals surface area contributed by atoms with Crippen molar-refractivity contribution in [1.29, 1.82) is 0 Å². The molecule has 1 N–H and O–H groups in total. The van der Waals surface area contributed by atoms with Crippen LogP contribution in [0.5, 0.6) is 5.75 Å². The number of piperazine rings is 1. The van der Waals surface area contributed by atoms with Gasteiger partial charge in [-0.1, -0.05) is 26.0 Å². The summed E-state index contributed by atoms with van der Waals surface area (Å²) < 4.78 is 74.3. The largest absolute Gasteiger partial charge is 0.484 e. The van der Waals surface area contributed by atoms with Gasteiger partial charge >= 0.3 is 0 Å². The van der Waals surface area contributed by atoms with E-state index in [0.29, 0.717) is 30.4 Å². The van der Waals surface area contributed by atoms with Gasteiger partial charge in [-0.2, -0.15) is 0 Å². The van der Waals surface area contributed by atoms with Crippen molar-refractivity contribution in [2.24, 2.45) is 0 Å². The van der Waals surface area contributed by atoms with Gasteiger partial charge in [0.15, 0.2) is 29.9 Å². The van der Waals surface area contributed by atoms with E-state index in [1.165, 1.54) is 5.56 Å². The van der Waals surface area contributed by atoms with E-state index in [1.54, 1.807) is 24.3 Å². The average Bonchev–Trinajstić information content (AvgIpc) is 2.91. The van der Waals surface area contributed by atoms with Crippen molar-refractivity contribution in [3.05, 3.63) is 83.2 Å². The van der Waals surface area contributed by atoms with Gasteiger partial charge in [0.05, 0.1) is 0 Å². The molecule has 1 fully saturated rings. The number of hydrogen-bond donors (Lipinski definition) is 1. The van der Waals surface area contributed by atoms with E-state index in [-0.39, 0.29) is 25.6 Å². The highest BCUT2D eigenvalue weighted by molar-refractivity contribution is 5.92. The zero-order valence-electron chi connectivity index (χ0n) is 20.3. The van der Waals surface area contributed by atoms with Crippen molar-refractivity contribution in [2.75, 3.05) is 47.9 Å². The number of rotatable bonds is 7. The van der Waals surface area contributed by atoms with Gasteiger partial charge in [0.25, 0.3) is 5.91 Å². The lowest BCUT2D eigenvalue weighted by Crippen LogP contribution is -2.47. The van der Waals surface area contributed by atoms with Crippen molar-refractivity contribution >= 4 is 23.0 Å². The zero-order chi connectivity index (χ0) is 26.7. The van der Waals surface area contributed by atoms with Crippen LogP contribution in [0.15, 0.2) is 48.5 Å². The summed E-state index contributed by atoms with van der Waals surface area (Å²) in [5, 5.41) is 2.75. The van der Waals surface area contributed by atoms with Gasteiger partial charge in [0, 0.05) is 37.6 Å². The molecule has 3 aromatic rings. The molecule has 0 atom stereocenters. The Labute approximate surface area is 211 Å². The van der Waals surface area contributed by atoms with Gasteiger partial charge in [-0.05, 0) is 47.9 Å². The molecule has 0 spiro atoms. The molecule has 1 amide bonds. The van der Waals surface area contributed by atoms with Gasteiger partial charge in [0.1, 0.15) is 11.4 Å². The Kier molecular flexibility index (Phi) is 7.85. The summed E-state index contributed by atoms with van der Waals surface area (Å²) in [5.74, 6) is -9.07. The molecular formula is C27H26F5N3O2. The highest BCUT2D eigenvalue weighted by atomic mass is 19.2. The Morgan fingerprint density at radius 3 is 1.84 bits per heavy atom. The predicted octanol–water partition coefficient (Wildman–Crippen LogP) is 5.85. The molecule has 0 aliphatic carbocycles. The van der Waals surface area contributed by atoms with Crippen LogP contribution in [0.1, 0.15) is 25.3 Å². The summed E-state index contributed by atoms with van der Waals surface area (Å²) in [6.45, 7) is 4.76. The maximum absolute atomic E-state index is 14.1. The summed E-state index contributed by atoms with van der Waals surface area (Å²) in [5.41, 5.74) is 1.62. The van der Waals surface area contributed by atoms with E-state index in [1.807, 2.05) is 29.2 Å². The fourth-order valence-corrected chi connectivity index (χ4v) is 4.11. The molecule has 0 aromatic heterocycles. The fraction of sp³-hybridized carbons (Fsp3) is 0.296. The molecule has 3 aromatic carbocycles. The number of nitrogens with one attached hydrogen (secondary N) is 1. The molecule has 196 valence electrons. The van der Waals surface area contributed by atoms with E-state index >= 15 is 0 Å². The van der Waals surface area contributed by atoms with Crippen molar-refractivity contribution in [3.63, 3.8) is 0 Å². The number of halogens is 5. The minimum absolute atomic E-state index is 0.0618. The van der Waals surface area contributed by atoms with Crippen LogP contribution < -0.4 is 19.9 Å². The number of hydrogen-bond acceptors (Lipinski definition) is 4. The van der Waals surface area contributed by atoms with Crippen LogP contribution in [-0.4, -0.2) is 38.7 Å². The second kappa shape index (κ2) is 11.1. The first-order chi connectivity index (χ1) is 17.7. The van der Waals surface area contributed by atoms with Gasteiger partial charge < -0.3 is 19.9 Å². The zero-order valence-corrected chi connectivity index (χ0v) is 20.3. The number of amides is 1. The average molecular weight is 520 g/mol. The molecule has 1 saturated heterocycles. The van der Waals surface area contributed by atoms with Gasteiger partial charge in [-0.3, -0.25) is 4.79 Å². The summed E-state index contributed by atoms with van der Waals surface area (Å²) >= 11 is 0. The number of carbonyl (C=O) groups is 1. The minimum atomic E-state index is -2.17. The number of carbonyl (C=O) groups excluding carboxylic acids is 1. The maximum Gasteiger partial charge on any atom is 0.262 e. The molecule has 0 radical (unpaired) electrons. The summed E-state index contributed by atoms with van der Waals surface area (Å²) in [6, 6.07) is 14.5. The van der Waals surface area contributed by atoms with Crippen molar-refractivity contribution < 1.29 is 31.5 Å². The highest BCUT2D eigenvalue weighted by Crippen LogP contribution is 2.31. The second-order valence-corrected chi connectivity index (χ2v) is 9.00. The van der Waals surface area contributed by atoms with Crippen molar-refractivity contribution in [1.82, 2.24) is 0 Å². The van der Waals surface area contributed by atoms with Crippen LogP contribution in [0.4, 0.5) is 39.0 Å². The van der Waals surface area contributed by atoms with E-state index in [2.05, 4.69) is 19.2 Å². The highest BCUT2D eigenvalue weighted by Gasteiger charge is 2.30. The molecule has 4 rings (SSSR count). The lowest BCUT2D eigenvalue weighted by atomic mass is 10.0. The van der Waals surface area contributed by atoms with E-state index in [0.717, 1.165) is 10.6 Å². The third kappa shape index (κ3) is 5.79. The van der Waals surface area contributed by atoms with Crippen LogP contribution in [-0.2, 0) is 4.79 Å². The Hall–Kier alpha value is -3.82. The normalized spacial score (nSPS) is 13.7. The molecule has 0 unspecified atom stereocenters. The van der Waals surface area contributed by atoms with Crippen LogP contribution in [0.25, 0.3) is 0 Å². The molecule has 37 heavy (non-hydrogen) atoms. The lowest BCUT2D eigenvalue weighted by Gasteiger charge is -2.37. The van der Waals surface area contributed by atoms with Crippen LogP contribution in [0, 0.1) is 29.1 Å². The van der Waals surface area contributed by atoms with Crippen LogP contribution in [0.3, 0.4) is 0 Å². The molecular weight excluding hydrogens is 493 g/mol. The van der Waals surface area contributed by atoms with E-state index in [9.17, 15) is 26.7 Å². The fourth-order valence-electron chi connectivity index (χ4n) is 4.11. The minimum Gasteiger partial charge on any atom is -0.484 e. The van der Waals surface area contributed by atoms with Gasteiger partial charge in [-0.25, -0.2) is 22.0 Å². The molecule has 0 saturated carbocycles. The molecule has 10 heteroatoms. The topological polar surface area (TPSA) is 44.8 Å². The number of anilines is 3. The first-order valence-corrected chi connectivity index (χ1v) is 11.8. The van der Waals surface area contributed by atoms with Crippen molar-refractivity contribution in [3.8, 4) is 5.75 Å². The van der Waals surface area contributed by atoms with Gasteiger partial charge in [-0.15, -0.1) is 0 Å². The molecule has 1 aliphatic rings. The molecule has 1 heterocycles. The second-order valence-electron chi connectivity index (χ2n) is 9.00. The Balaban J connectivity index is 1.30. The van der Waals surface area contributed by atoms with Crippen molar-refractivity contribution in [2.45, 2.75) is 19.8 Å². The van der Waals surface area contributed by atoms with Crippen LogP contribution in [0.2, 0.25) is 0 Å². The summed E-state index contributed by atoms with van der Waals surface area (Å²) in [4.78, 5) is 15.3. The van der Waals surface area contributed by atoms with Crippen LogP contribution >= 0.6 is 0 Å². The number of nitrogens with zero attached hydrogens (tertiary/aromatic N) is 2. The standard InChI is InChI=1S/C27H26F5N3O2/c1-16(2)17-3-9-20(10-4-17)37-15-21(36)33-18-5-7-19(8-6-18)34-11-13-35(14-12-34)27-25(31)23(29)22(28)24(30)26(27)32/h3-10,16H,11-15H2,1-2H3,(H,33,36). The third-order valence-electron chi connectivity index (χ3n) is 6.22. The van der Waals surface area contributed by atoms with E-state index in [4.69, 9.17) is 4.74 Å². The Morgan fingerprint density at radius 1 is 0.784 bits per heavy atom. The third-order valence-corrected chi connectivity index (χ3v) is 6.22. The Morgan fingerprint density at radius 2 is 1.30 bits per heavy atom. The molecule has 1 aliphatic heterocycles. The Bertz CT molecular complexity index is 1230. The van der Waals surface area contributed by atoms with Gasteiger partial charge in [0.2, 0.25) is 5.82 Å². The summed E-state index contributed by atoms with van der Waals surface area (Å²) in [7, 11) is 0. The monoisotopic (exact) mass is 519 g/mol. The molecule has 0 bridgehead atoms. The SMILES string of the molecule is CC(C)c1ccc(OCC(=O)Nc2ccc(N3CCN(c4c(F)c(F)c(F)c(F)c4F)CC3)cc2)cc1. The number of benzene rings is 3. The first-order valence-electron chi connectivity index (χ1n) is 11.8. The maximum atomic E-state index is 14.1.